The van der Waals surface area contributed by atoms with Crippen molar-refractivity contribution in [1.82, 2.24) is 10.2 Å². The number of hydrogen-bond acceptors (Lipinski definition) is 3. The van der Waals surface area contributed by atoms with Gasteiger partial charge in [0.15, 0.2) is 0 Å². The van der Waals surface area contributed by atoms with Gasteiger partial charge in [0.25, 0.3) is 0 Å². The first kappa shape index (κ1) is 15.8. The second kappa shape index (κ2) is 7.99. The third kappa shape index (κ3) is 5.06. The quantitative estimate of drug-likeness (QED) is 0.752. The molecule has 0 aromatic rings. The zero-order chi connectivity index (χ0) is 14.4. The molecule has 0 amide bonds. The molecule has 1 aliphatic carbocycles. The summed E-state index contributed by atoms with van der Waals surface area (Å²) >= 11 is 0. The maximum absolute atomic E-state index is 11.0. The van der Waals surface area contributed by atoms with Gasteiger partial charge in [0.2, 0.25) is 0 Å². The molecular formula is C16H30N2O2. The van der Waals surface area contributed by atoms with Crippen LogP contribution in [0.5, 0.6) is 0 Å². The Bertz CT molecular complexity index is 303. The van der Waals surface area contributed by atoms with Crippen molar-refractivity contribution in [3.8, 4) is 0 Å². The number of piperidine rings is 1. The van der Waals surface area contributed by atoms with E-state index >= 15 is 0 Å². The van der Waals surface area contributed by atoms with Crippen LogP contribution in [-0.4, -0.2) is 48.2 Å². The molecule has 0 bridgehead atoms. The third-order valence-corrected chi connectivity index (χ3v) is 4.79. The maximum Gasteiger partial charge on any atom is 0.303 e. The number of carboxylic acid groups (broad SMARTS) is 1. The standard InChI is InChI=1S/C16H30N2O2/c1-2-7-18-11-14(9-16(19)20)8-15(12-18)17-10-13-5-3-4-6-13/h13-15,17H,2-12H2,1H3,(H,19,20). The molecule has 1 aliphatic heterocycles. The smallest absolute Gasteiger partial charge is 0.303 e. The van der Waals surface area contributed by atoms with Gasteiger partial charge in [-0.3, -0.25) is 4.79 Å². The Kier molecular flexibility index (Phi) is 6.30. The van der Waals surface area contributed by atoms with E-state index in [1.807, 2.05) is 0 Å². The summed E-state index contributed by atoms with van der Waals surface area (Å²) in [7, 11) is 0. The summed E-state index contributed by atoms with van der Waals surface area (Å²) in [6.07, 6.45) is 8.02. The van der Waals surface area contributed by atoms with Gasteiger partial charge in [-0.05, 0) is 50.6 Å². The largest absolute Gasteiger partial charge is 0.481 e. The molecule has 2 N–H and O–H groups in total. The molecule has 1 saturated heterocycles. The van der Waals surface area contributed by atoms with Crippen LogP contribution in [0, 0.1) is 11.8 Å². The second-order valence-electron chi connectivity index (χ2n) is 6.71. The Balaban J connectivity index is 1.80. The molecule has 2 atom stereocenters. The Morgan fingerprint density at radius 3 is 2.65 bits per heavy atom. The summed E-state index contributed by atoms with van der Waals surface area (Å²) < 4.78 is 0. The zero-order valence-electron chi connectivity index (χ0n) is 12.8. The number of aliphatic carboxylic acids is 1. The summed E-state index contributed by atoms with van der Waals surface area (Å²) in [4.78, 5) is 13.4. The van der Waals surface area contributed by atoms with E-state index in [4.69, 9.17) is 5.11 Å². The molecule has 0 radical (unpaired) electrons. The molecular weight excluding hydrogens is 252 g/mol. The predicted molar refractivity (Wildman–Crippen MR) is 80.8 cm³/mol. The van der Waals surface area contributed by atoms with Crippen LogP contribution in [0.2, 0.25) is 0 Å². The molecule has 20 heavy (non-hydrogen) atoms. The fraction of sp³-hybridized carbons (Fsp3) is 0.938. The lowest BCUT2D eigenvalue weighted by Crippen LogP contribution is -2.50. The highest BCUT2D eigenvalue weighted by molar-refractivity contribution is 5.67. The predicted octanol–water partition coefficient (Wildman–Crippen LogP) is 2.34. The Morgan fingerprint density at radius 2 is 2.00 bits per heavy atom. The number of carbonyl (C=O) groups is 1. The summed E-state index contributed by atoms with van der Waals surface area (Å²) in [5, 5.41) is 12.8. The van der Waals surface area contributed by atoms with Crippen LogP contribution in [0.3, 0.4) is 0 Å². The van der Waals surface area contributed by atoms with Gasteiger partial charge in [-0.25, -0.2) is 0 Å². The van der Waals surface area contributed by atoms with Crippen LogP contribution in [0.4, 0.5) is 0 Å². The van der Waals surface area contributed by atoms with E-state index in [-0.39, 0.29) is 0 Å². The van der Waals surface area contributed by atoms with Gasteiger partial charge < -0.3 is 15.3 Å². The normalized spacial score (nSPS) is 28.9. The lowest BCUT2D eigenvalue weighted by molar-refractivity contribution is -0.138. The minimum Gasteiger partial charge on any atom is -0.481 e. The molecule has 1 heterocycles. The fourth-order valence-corrected chi connectivity index (χ4v) is 3.89. The molecule has 4 heteroatoms. The number of rotatable bonds is 7. The minimum absolute atomic E-state index is 0.314. The first-order valence-electron chi connectivity index (χ1n) is 8.35. The number of nitrogens with zero attached hydrogens (tertiary/aromatic N) is 1. The van der Waals surface area contributed by atoms with Crippen LogP contribution < -0.4 is 5.32 Å². The van der Waals surface area contributed by atoms with Gasteiger partial charge in [0, 0.05) is 25.6 Å². The molecule has 0 spiro atoms. The lowest BCUT2D eigenvalue weighted by atomic mass is 9.91. The molecule has 1 saturated carbocycles. The van der Waals surface area contributed by atoms with Gasteiger partial charge in [0.1, 0.15) is 0 Å². The van der Waals surface area contributed by atoms with Crippen molar-refractivity contribution < 1.29 is 9.90 Å². The lowest BCUT2D eigenvalue weighted by Gasteiger charge is -2.38. The number of hydrogen-bond donors (Lipinski definition) is 2. The van der Waals surface area contributed by atoms with Gasteiger partial charge in [-0.1, -0.05) is 19.8 Å². The molecule has 2 fully saturated rings. The van der Waals surface area contributed by atoms with E-state index in [0.717, 1.165) is 44.9 Å². The number of nitrogens with one attached hydrogen (secondary N) is 1. The van der Waals surface area contributed by atoms with Crippen molar-refractivity contribution in [1.29, 1.82) is 0 Å². The highest BCUT2D eigenvalue weighted by Gasteiger charge is 2.28. The number of carboxylic acids is 1. The van der Waals surface area contributed by atoms with Crippen molar-refractivity contribution in [3.05, 3.63) is 0 Å². The first-order chi connectivity index (χ1) is 9.67. The number of likely N-dealkylation sites (tertiary alicyclic amines) is 1. The molecule has 2 aliphatic rings. The van der Waals surface area contributed by atoms with Gasteiger partial charge >= 0.3 is 5.97 Å². The average molecular weight is 282 g/mol. The van der Waals surface area contributed by atoms with Crippen molar-refractivity contribution in [3.63, 3.8) is 0 Å². The van der Waals surface area contributed by atoms with Crippen LogP contribution in [-0.2, 0) is 4.79 Å². The van der Waals surface area contributed by atoms with Crippen molar-refractivity contribution in [2.45, 2.75) is 57.9 Å². The SMILES string of the molecule is CCCN1CC(CC(=O)O)CC(NCC2CCCC2)C1. The minimum atomic E-state index is -0.650. The van der Waals surface area contributed by atoms with Gasteiger partial charge in [0.05, 0.1) is 0 Å². The summed E-state index contributed by atoms with van der Waals surface area (Å²) in [6, 6.07) is 0.486. The molecule has 116 valence electrons. The van der Waals surface area contributed by atoms with Crippen LogP contribution in [0.25, 0.3) is 0 Å². The molecule has 2 unspecified atom stereocenters. The third-order valence-electron chi connectivity index (χ3n) is 4.79. The van der Waals surface area contributed by atoms with E-state index in [9.17, 15) is 4.79 Å². The van der Waals surface area contributed by atoms with E-state index in [1.165, 1.54) is 25.7 Å². The second-order valence-corrected chi connectivity index (χ2v) is 6.71. The van der Waals surface area contributed by atoms with Crippen molar-refractivity contribution in [2.75, 3.05) is 26.2 Å². The van der Waals surface area contributed by atoms with E-state index in [1.54, 1.807) is 0 Å². The molecule has 4 nitrogen and oxygen atoms in total. The highest BCUT2D eigenvalue weighted by Crippen LogP contribution is 2.25. The molecule has 0 aromatic carbocycles. The average Bonchev–Trinajstić information content (AvgIpc) is 2.89. The summed E-state index contributed by atoms with van der Waals surface area (Å²) in [5.74, 6) is 0.520. The molecule has 2 rings (SSSR count). The topological polar surface area (TPSA) is 52.6 Å². The van der Waals surface area contributed by atoms with Crippen LogP contribution in [0.15, 0.2) is 0 Å². The molecule has 0 aromatic heterocycles. The maximum atomic E-state index is 11.0. The Morgan fingerprint density at radius 1 is 1.25 bits per heavy atom. The first-order valence-corrected chi connectivity index (χ1v) is 8.35. The van der Waals surface area contributed by atoms with E-state index in [0.29, 0.717) is 18.4 Å². The van der Waals surface area contributed by atoms with E-state index in [2.05, 4.69) is 17.1 Å². The summed E-state index contributed by atoms with van der Waals surface area (Å²) in [5.41, 5.74) is 0. The fourth-order valence-electron chi connectivity index (χ4n) is 3.89. The van der Waals surface area contributed by atoms with E-state index < -0.39 is 5.97 Å². The Hall–Kier alpha value is -0.610. The van der Waals surface area contributed by atoms with Crippen LogP contribution in [0.1, 0.15) is 51.9 Å². The Labute approximate surface area is 122 Å². The van der Waals surface area contributed by atoms with Crippen LogP contribution >= 0.6 is 0 Å². The van der Waals surface area contributed by atoms with Crippen molar-refractivity contribution in [2.24, 2.45) is 11.8 Å². The monoisotopic (exact) mass is 282 g/mol. The zero-order valence-corrected chi connectivity index (χ0v) is 12.8. The van der Waals surface area contributed by atoms with Gasteiger partial charge in [-0.15, -0.1) is 0 Å². The van der Waals surface area contributed by atoms with Crippen molar-refractivity contribution >= 4 is 5.97 Å². The van der Waals surface area contributed by atoms with Gasteiger partial charge in [-0.2, -0.15) is 0 Å². The highest BCUT2D eigenvalue weighted by atomic mass is 16.4. The summed E-state index contributed by atoms with van der Waals surface area (Å²) in [6.45, 7) is 6.47.